The van der Waals surface area contributed by atoms with Crippen molar-refractivity contribution in [1.29, 1.82) is 0 Å². The number of benzene rings is 1. The molecule has 0 aliphatic rings. The van der Waals surface area contributed by atoms with Gasteiger partial charge in [-0.3, -0.25) is 4.98 Å². The molecule has 0 aliphatic heterocycles. The van der Waals surface area contributed by atoms with E-state index in [0.717, 1.165) is 0 Å². The van der Waals surface area contributed by atoms with Crippen molar-refractivity contribution in [2.75, 3.05) is 0 Å². The summed E-state index contributed by atoms with van der Waals surface area (Å²) in [6.45, 7) is 0. The van der Waals surface area contributed by atoms with Gasteiger partial charge < -0.3 is 5.11 Å². The molecule has 0 amide bonds. The maximum absolute atomic E-state index is 8.63. The normalized spacial score (nSPS) is 7.71. The first-order chi connectivity index (χ1) is 6.39. The van der Waals surface area contributed by atoms with Gasteiger partial charge in [-0.25, -0.2) is 0 Å². The summed E-state index contributed by atoms with van der Waals surface area (Å²) in [5.74, 6) is 0.322. The number of aromatic nitrogens is 1. The quantitative estimate of drug-likeness (QED) is 0.724. The molecule has 1 aromatic carbocycles. The van der Waals surface area contributed by atoms with E-state index in [4.69, 9.17) is 5.11 Å². The molecule has 1 aromatic heterocycles. The van der Waals surface area contributed by atoms with Crippen LogP contribution < -0.4 is 0 Å². The Labute approximate surface area is 94.1 Å². The van der Waals surface area contributed by atoms with Gasteiger partial charge in [0.05, 0.1) is 0 Å². The van der Waals surface area contributed by atoms with Gasteiger partial charge in [0.2, 0.25) is 0 Å². The van der Waals surface area contributed by atoms with Crippen molar-refractivity contribution in [3.63, 3.8) is 0 Å². The van der Waals surface area contributed by atoms with Gasteiger partial charge in [0.15, 0.2) is 0 Å². The topological polar surface area (TPSA) is 33.1 Å². The number of hydrogen-bond donors (Lipinski definition) is 1. The molecule has 0 saturated carbocycles. The third-order valence-corrected chi connectivity index (χ3v) is 1.32. The van der Waals surface area contributed by atoms with Crippen LogP contribution >= 0.6 is 0 Å². The summed E-state index contributed by atoms with van der Waals surface area (Å²) in [5.41, 5.74) is 0. The summed E-state index contributed by atoms with van der Waals surface area (Å²) in [5, 5.41) is 8.63. The number of aromatic hydroxyl groups is 1. The summed E-state index contributed by atoms with van der Waals surface area (Å²) in [6.07, 6.45) is 3.50. The SMILES string of the molecule is Oc1ccccc1.[SeH2].c1ccncc1. The summed E-state index contributed by atoms with van der Waals surface area (Å²) < 4.78 is 0. The van der Waals surface area contributed by atoms with E-state index >= 15 is 0 Å². The molecule has 1 heterocycles. The predicted molar refractivity (Wildman–Crippen MR) is 60.9 cm³/mol. The molecule has 0 spiro atoms. The number of para-hydroxylation sites is 1. The second-order valence-corrected chi connectivity index (χ2v) is 2.36. The molecule has 0 radical (unpaired) electrons. The van der Waals surface area contributed by atoms with Gasteiger partial charge in [-0.2, -0.15) is 0 Å². The van der Waals surface area contributed by atoms with E-state index in [9.17, 15) is 0 Å². The molecular formula is C11H13NOSe. The van der Waals surface area contributed by atoms with Gasteiger partial charge >= 0.3 is 17.1 Å². The third kappa shape index (κ3) is 6.23. The Morgan fingerprint density at radius 3 is 1.50 bits per heavy atom. The van der Waals surface area contributed by atoms with Gasteiger partial charge in [-0.05, 0) is 24.3 Å². The molecule has 2 aromatic rings. The molecule has 74 valence electrons. The Morgan fingerprint density at radius 2 is 1.29 bits per heavy atom. The van der Waals surface area contributed by atoms with Crippen LogP contribution in [-0.4, -0.2) is 27.2 Å². The number of rotatable bonds is 0. The van der Waals surface area contributed by atoms with Crippen LogP contribution in [0.25, 0.3) is 0 Å². The minimum absolute atomic E-state index is 0. The maximum atomic E-state index is 8.63. The van der Waals surface area contributed by atoms with Crippen molar-refractivity contribution in [2.45, 2.75) is 0 Å². The van der Waals surface area contributed by atoms with Gasteiger partial charge in [0, 0.05) is 12.4 Å². The van der Waals surface area contributed by atoms with Crippen molar-refractivity contribution in [3.8, 4) is 5.75 Å². The molecule has 0 aliphatic carbocycles. The molecule has 3 heteroatoms. The largest absolute Gasteiger partial charge is 0.265 e. The number of nitrogens with zero attached hydrogens (tertiary/aromatic N) is 1. The van der Waals surface area contributed by atoms with Crippen LogP contribution in [0.5, 0.6) is 5.75 Å². The zero-order chi connectivity index (χ0) is 9.36. The first kappa shape index (κ1) is 12.7. The minimum atomic E-state index is 0. The van der Waals surface area contributed by atoms with Gasteiger partial charge in [0.25, 0.3) is 0 Å². The van der Waals surface area contributed by atoms with E-state index in [2.05, 4.69) is 4.98 Å². The summed E-state index contributed by atoms with van der Waals surface area (Å²) in [4.78, 5) is 3.78. The van der Waals surface area contributed by atoms with Gasteiger partial charge in [-0.1, -0.05) is 24.3 Å². The second-order valence-electron chi connectivity index (χ2n) is 2.36. The predicted octanol–water partition coefficient (Wildman–Crippen LogP) is 1.56. The van der Waals surface area contributed by atoms with Crippen LogP contribution in [0.4, 0.5) is 0 Å². The van der Waals surface area contributed by atoms with Crippen LogP contribution in [0.1, 0.15) is 0 Å². The van der Waals surface area contributed by atoms with E-state index in [-0.39, 0.29) is 17.1 Å². The van der Waals surface area contributed by atoms with Crippen molar-refractivity contribution in [1.82, 2.24) is 4.98 Å². The van der Waals surface area contributed by atoms with E-state index < -0.39 is 0 Å². The van der Waals surface area contributed by atoms with Gasteiger partial charge in [-0.15, -0.1) is 0 Å². The minimum Gasteiger partial charge on any atom is -0.265 e. The second kappa shape index (κ2) is 8.30. The molecule has 1 N–H and O–H groups in total. The van der Waals surface area contributed by atoms with Crippen LogP contribution in [0.15, 0.2) is 60.9 Å². The Bertz CT molecular complexity index is 286. The molecule has 0 bridgehead atoms. The van der Waals surface area contributed by atoms with Crippen molar-refractivity contribution >= 4 is 17.1 Å². The fourth-order valence-corrected chi connectivity index (χ4v) is 0.741. The average Bonchev–Trinajstić information content (AvgIpc) is 2.22. The monoisotopic (exact) mass is 255 g/mol. The standard InChI is InChI=1S/C6H6O.C5H5N.H2Se/c7-6-4-2-1-3-5-6;1-2-4-6-5-3-1;/h1-5,7H;1-5H;1H2. The van der Waals surface area contributed by atoms with Crippen molar-refractivity contribution in [3.05, 3.63) is 60.9 Å². The fraction of sp³-hybridized carbons (Fsp3) is 0. The van der Waals surface area contributed by atoms with E-state index in [1.807, 2.05) is 24.3 Å². The molecule has 2 nitrogen and oxygen atoms in total. The number of hydrogen-bond acceptors (Lipinski definition) is 2. The fourth-order valence-electron chi connectivity index (χ4n) is 0.741. The van der Waals surface area contributed by atoms with Gasteiger partial charge in [0.1, 0.15) is 5.75 Å². The molecule has 14 heavy (non-hydrogen) atoms. The molecule has 0 fully saturated rings. The first-order valence-corrected chi connectivity index (χ1v) is 3.98. The zero-order valence-corrected chi connectivity index (χ0v) is 9.77. The van der Waals surface area contributed by atoms with Crippen molar-refractivity contribution in [2.24, 2.45) is 0 Å². The van der Waals surface area contributed by atoms with E-state index in [1.54, 1.807) is 36.7 Å². The Morgan fingerprint density at radius 1 is 0.786 bits per heavy atom. The summed E-state index contributed by atoms with van der Waals surface area (Å²) in [7, 11) is 0. The van der Waals surface area contributed by atoms with E-state index in [1.165, 1.54) is 0 Å². The van der Waals surface area contributed by atoms with E-state index in [0.29, 0.717) is 5.75 Å². The molecule has 0 atom stereocenters. The van der Waals surface area contributed by atoms with Crippen LogP contribution in [0.3, 0.4) is 0 Å². The van der Waals surface area contributed by atoms with Crippen LogP contribution in [0.2, 0.25) is 0 Å². The van der Waals surface area contributed by atoms with Crippen LogP contribution in [-0.2, 0) is 0 Å². The number of phenols is 1. The van der Waals surface area contributed by atoms with Crippen molar-refractivity contribution < 1.29 is 5.11 Å². The summed E-state index contributed by atoms with van der Waals surface area (Å²) in [6, 6.07) is 14.4. The smallest absolute Gasteiger partial charge is 0.0267 e. The molecule has 2 rings (SSSR count). The molecule has 0 unspecified atom stereocenters. The third-order valence-electron chi connectivity index (χ3n) is 1.32. The molecule has 0 saturated heterocycles. The maximum Gasteiger partial charge on any atom is 0.0267 e. The number of phenolic OH excluding ortho intramolecular Hbond substituents is 1. The zero-order valence-electron chi connectivity index (χ0n) is 7.67. The first-order valence-electron chi connectivity index (χ1n) is 3.98. The average molecular weight is 254 g/mol. The Balaban J connectivity index is 0.000000227. The Hall–Kier alpha value is -1.31. The Kier molecular flexibility index (Phi) is 7.52. The number of pyridine rings is 1. The molecular weight excluding hydrogens is 241 g/mol. The summed E-state index contributed by atoms with van der Waals surface area (Å²) >= 11 is 0. The van der Waals surface area contributed by atoms with Crippen LogP contribution in [0, 0.1) is 0 Å².